The standard InChI is InChI=1S/C23H23FN6O2/c1-12-5-18(31)30-23-19(12)21(28-11-29-23)15-8-17(22(26)32)20(27-10-15)14(9-25)6-13-3-2-4-16(24)7-13/h2-4,7-8,10-12,14H,5-6,9,25H2,1H3,(H2,26,32)(H,28,29,30,31)/t12-,14+/m1/s1. The molecule has 2 aromatic heterocycles. The number of pyridine rings is 1. The number of benzene rings is 1. The molecule has 2 atom stereocenters. The monoisotopic (exact) mass is 434 g/mol. The van der Waals surface area contributed by atoms with Crippen LogP contribution in [0, 0.1) is 5.82 Å². The number of nitrogens with zero attached hydrogens (tertiary/aromatic N) is 3. The summed E-state index contributed by atoms with van der Waals surface area (Å²) in [6.45, 7) is 2.12. The molecule has 0 saturated heterocycles. The second-order valence-electron chi connectivity index (χ2n) is 7.93. The summed E-state index contributed by atoms with van der Waals surface area (Å²) in [6, 6.07) is 7.87. The van der Waals surface area contributed by atoms with Crippen molar-refractivity contribution in [1.82, 2.24) is 15.0 Å². The van der Waals surface area contributed by atoms with E-state index in [0.717, 1.165) is 11.1 Å². The predicted molar refractivity (Wildman–Crippen MR) is 117 cm³/mol. The Hall–Kier alpha value is -3.72. The van der Waals surface area contributed by atoms with Gasteiger partial charge in [0.25, 0.3) is 5.91 Å². The van der Waals surface area contributed by atoms with Crippen molar-refractivity contribution in [2.45, 2.75) is 31.6 Å². The van der Waals surface area contributed by atoms with E-state index in [2.05, 4.69) is 20.3 Å². The zero-order chi connectivity index (χ0) is 22.8. The lowest BCUT2D eigenvalue weighted by Gasteiger charge is -2.24. The third kappa shape index (κ3) is 4.19. The van der Waals surface area contributed by atoms with Gasteiger partial charge in [0.1, 0.15) is 18.0 Å². The number of hydrogen-bond donors (Lipinski definition) is 3. The number of carbonyl (C=O) groups is 2. The van der Waals surface area contributed by atoms with Crippen molar-refractivity contribution in [3.8, 4) is 11.3 Å². The molecule has 32 heavy (non-hydrogen) atoms. The molecule has 0 aliphatic carbocycles. The third-order valence-electron chi connectivity index (χ3n) is 5.63. The molecule has 0 bridgehead atoms. The average Bonchev–Trinajstić information content (AvgIpc) is 2.76. The molecule has 0 spiro atoms. The molecule has 2 amide bonds. The van der Waals surface area contributed by atoms with Crippen LogP contribution in [0.25, 0.3) is 11.3 Å². The van der Waals surface area contributed by atoms with Gasteiger partial charge in [0, 0.05) is 36.2 Å². The second kappa shape index (κ2) is 8.80. The number of carbonyl (C=O) groups excluding carboxylic acids is 2. The predicted octanol–water partition coefficient (Wildman–Crippen LogP) is 2.51. The Labute approximate surface area is 184 Å². The molecular weight excluding hydrogens is 411 g/mol. The summed E-state index contributed by atoms with van der Waals surface area (Å²) in [5.41, 5.74) is 15.1. The van der Waals surface area contributed by atoms with Crippen molar-refractivity contribution in [3.05, 3.63) is 71.1 Å². The van der Waals surface area contributed by atoms with Gasteiger partial charge in [-0.25, -0.2) is 14.4 Å². The van der Waals surface area contributed by atoms with Crippen LogP contribution in [-0.4, -0.2) is 33.3 Å². The molecule has 0 unspecified atom stereocenters. The van der Waals surface area contributed by atoms with Gasteiger partial charge in [-0.15, -0.1) is 0 Å². The van der Waals surface area contributed by atoms with Crippen LogP contribution in [0.2, 0.25) is 0 Å². The molecule has 1 aromatic carbocycles. The minimum absolute atomic E-state index is 0.101. The molecule has 3 heterocycles. The van der Waals surface area contributed by atoms with E-state index < -0.39 is 5.91 Å². The number of nitrogens with two attached hydrogens (primary N) is 2. The number of hydrogen-bond acceptors (Lipinski definition) is 6. The molecule has 164 valence electrons. The molecule has 0 fully saturated rings. The number of nitrogens with one attached hydrogen (secondary N) is 1. The first-order valence-corrected chi connectivity index (χ1v) is 10.3. The maximum atomic E-state index is 13.6. The highest BCUT2D eigenvalue weighted by Gasteiger charge is 2.28. The summed E-state index contributed by atoms with van der Waals surface area (Å²) in [4.78, 5) is 37.3. The topological polar surface area (TPSA) is 137 Å². The van der Waals surface area contributed by atoms with Gasteiger partial charge in [0.15, 0.2) is 0 Å². The van der Waals surface area contributed by atoms with Crippen molar-refractivity contribution in [3.63, 3.8) is 0 Å². The van der Waals surface area contributed by atoms with Gasteiger partial charge in [-0.1, -0.05) is 19.1 Å². The second-order valence-corrected chi connectivity index (χ2v) is 7.93. The highest BCUT2D eigenvalue weighted by atomic mass is 19.1. The lowest BCUT2D eigenvalue weighted by Crippen LogP contribution is -2.24. The van der Waals surface area contributed by atoms with Gasteiger partial charge in [-0.2, -0.15) is 0 Å². The lowest BCUT2D eigenvalue weighted by atomic mass is 9.89. The van der Waals surface area contributed by atoms with E-state index in [9.17, 15) is 14.0 Å². The quantitative estimate of drug-likeness (QED) is 0.545. The number of halogens is 1. The van der Waals surface area contributed by atoms with Crippen LogP contribution in [0.5, 0.6) is 0 Å². The zero-order valence-electron chi connectivity index (χ0n) is 17.5. The minimum Gasteiger partial charge on any atom is -0.366 e. The first kappa shape index (κ1) is 21.5. The van der Waals surface area contributed by atoms with E-state index >= 15 is 0 Å². The SMILES string of the molecule is C[C@@H]1CC(=O)Nc2ncnc(-c3cnc([C@H](CN)Cc4cccc(F)c4)c(C(N)=O)c3)c21. The van der Waals surface area contributed by atoms with Crippen molar-refractivity contribution < 1.29 is 14.0 Å². The Balaban J connectivity index is 1.76. The van der Waals surface area contributed by atoms with Gasteiger partial charge in [-0.05, 0) is 36.1 Å². The van der Waals surface area contributed by atoms with Gasteiger partial charge in [-0.3, -0.25) is 14.6 Å². The van der Waals surface area contributed by atoms with Gasteiger partial charge in [0.2, 0.25) is 5.91 Å². The third-order valence-corrected chi connectivity index (χ3v) is 5.63. The van der Waals surface area contributed by atoms with Gasteiger partial charge >= 0.3 is 0 Å². The van der Waals surface area contributed by atoms with Crippen molar-refractivity contribution in [1.29, 1.82) is 0 Å². The van der Waals surface area contributed by atoms with Crippen LogP contribution in [0.15, 0.2) is 42.9 Å². The smallest absolute Gasteiger partial charge is 0.250 e. The Bertz CT molecular complexity index is 1200. The van der Waals surface area contributed by atoms with E-state index in [4.69, 9.17) is 11.5 Å². The van der Waals surface area contributed by atoms with E-state index in [0.29, 0.717) is 35.6 Å². The summed E-state index contributed by atoms with van der Waals surface area (Å²) in [5, 5.41) is 2.76. The zero-order valence-corrected chi connectivity index (χ0v) is 17.5. The van der Waals surface area contributed by atoms with Crippen LogP contribution in [-0.2, 0) is 11.2 Å². The van der Waals surface area contributed by atoms with Gasteiger partial charge in [0.05, 0.1) is 17.0 Å². The van der Waals surface area contributed by atoms with Crippen molar-refractivity contribution in [2.75, 3.05) is 11.9 Å². The summed E-state index contributed by atoms with van der Waals surface area (Å²) in [5.74, 6) is -1.07. The molecule has 0 radical (unpaired) electrons. The van der Waals surface area contributed by atoms with E-state index in [1.807, 2.05) is 6.92 Å². The van der Waals surface area contributed by atoms with Crippen LogP contribution in [0.1, 0.15) is 52.4 Å². The van der Waals surface area contributed by atoms with Crippen LogP contribution >= 0.6 is 0 Å². The summed E-state index contributed by atoms with van der Waals surface area (Å²) >= 11 is 0. The molecule has 8 nitrogen and oxygen atoms in total. The normalized spacial score (nSPS) is 16.2. The van der Waals surface area contributed by atoms with Crippen molar-refractivity contribution >= 4 is 17.6 Å². The molecular formula is C23H23FN6O2. The van der Waals surface area contributed by atoms with Gasteiger partial charge < -0.3 is 16.8 Å². The number of anilines is 1. The summed E-state index contributed by atoms with van der Waals surface area (Å²) in [6.07, 6.45) is 3.69. The Morgan fingerprint density at radius 3 is 2.81 bits per heavy atom. The van der Waals surface area contributed by atoms with E-state index in [1.165, 1.54) is 18.5 Å². The first-order valence-electron chi connectivity index (χ1n) is 10.3. The molecule has 5 N–H and O–H groups in total. The van der Waals surface area contributed by atoms with Crippen LogP contribution < -0.4 is 16.8 Å². The highest BCUT2D eigenvalue weighted by molar-refractivity contribution is 5.97. The largest absolute Gasteiger partial charge is 0.366 e. The molecule has 1 aliphatic rings. The maximum Gasteiger partial charge on any atom is 0.250 e. The molecule has 1 aliphatic heterocycles. The Kier molecular flexibility index (Phi) is 5.91. The fourth-order valence-corrected chi connectivity index (χ4v) is 4.12. The number of primary amides is 1. The number of rotatable bonds is 6. The molecule has 9 heteroatoms. The average molecular weight is 434 g/mol. The fraction of sp³-hybridized carbons (Fsp3) is 0.261. The Morgan fingerprint density at radius 1 is 1.28 bits per heavy atom. The Morgan fingerprint density at radius 2 is 2.09 bits per heavy atom. The lowest BCUT2D eigenvalue weighted by molar-refractivity contribution is -0.116. The minimum atomic E-state index is -0.642. The number of fused-ring (bicyclic) bond motifs is 1. The molecule has 3 aromatic rings. The number of amides is 2. The fourth-order valence-electron chi connectivity index (χ4n) is 4.12. The van der Waals surface area contributed by atoms with Crippen molar-refractivity contribution in [2.24, 2.45) is 11.5 Å². The first-order chi connectivity index (χ1) is 15.4. The van der Waals surface area contributed by atoms with Crippen LogP contribution in [0.4, 0.5) is 10.2 Å². The number of aromatic nitrogens is 3. The summed E-state index contributed by atoms with van der Waals surface area (Å²) < 4.78 is 13.6. The maximum absolute atomic E-state index is 13.6. The molecule has 0 saturated carbocycles. The summed E-state index contributed by atoms with van der Waals surface area (Å²) in [7, 11) is 0. The van der Waals surface area contributed by atoms with E-state index in [1.54, 1.807) is 24.4 Å². The highest BCUT2D eigenvalue weighted by Crippen LogP contribution is 2.37. The molecule has 4 rings (SSSR count). The van der Waals surface area contributed by atoms with E-state index in [-0.39, 0.29) is 35.7 Å². The van der Waals surface area contributed by atoms with Crippen LogP contribution in [0.3, 0.4) is 0 Å².